The number of hydrogen-bond acceptors (Lipinski definition) is 6. The van der Waals surface area contributed by atoms with Gasteiger partial charge in [-0.3, -0.25) is 0 Å². The van der Waals surface area contributed by atoms with E-state index >= 15 is 0 Å². The average molecular weight is 431 g/mol. The first-order valence-electron chi connectivity index (χ1n) is 8.59. The van der Waals surface area contributed by atoms with Crippen molar-refractivity contribution in [3.8, 4) is 0 Å². The maximum atomic E-state index is 12.2. The van der Waals surface area contributed by atoms with Crippen LogP contribution in [0.5, 0.6) is 0 Å². The second-order valence-electron chi connectivity index (χ2n) is 6.14. The van der Waals surface area contributed by atoms with Gasteiger partial charge < -0.3 is 15.7 Å². The fraction of sp³-hybridized carbons (Fsp3) is 0.471. The molecule has 4 N–H and O–H groups in total. The number of aryl methyl sites for hydroxylation is 1. The zero-order valence-electron chi connectivity index (χ0n) is 15.7. The monoisotopic (exact) mass is 430 g/mol. The fourth-order valence-electron chi connectivity index (χ4n) is 2.23. The summed E-state index contributed by atoms with van der Waals surface area (Å²) in [6, 6.07) is 7.16. The molecule has 0 aliphatic rings. The van der Waals surface area contributed by atoms with E-state index in [1.807, 2.05) is 31.4 Å². The first-order valence-corrected chi connectivity index (χ1v) is 11.8. The minimum Gasteiger partial charge on any atom is -0.383 e. The van der Waals surface area contributed by atoms with Gasteiger partial charge in [-0.05, 0) is 44.4 Å². The van der Waals surface area contributed by atoms with Crippen LogP contribution in [0.1, 0.15) is 23.6 Å². The highest BCUT2D eigenvalue weighted by atomic mass is 32.2. The number of hydrogen-bond donors (Lipinski definition) is 4. The highest BCUT2D eigenvalue weighted by Gasteiger charge is 2.24. The molecular weight excluding hydrogens is 404 g/mol. The summed E-state index contributed by atoms with van der Waals surface area (Å²) in [5.74, 6) is 0.528. The van der Waals surface area contributed by atoms with E-state index in [4.69, 9.17) is 0 Å². The lowest BCUT2D eigenvalue weighted by Crippen LogP contribution is -2.42. The third-order valence-electron chi connectivity index (χ3n) is 3.63. The Bertz CT molecular complexity index is 843. The van der Waals surface area contributed by atoms with Crippen LogP contribution >= 0.6 is 22.7 Å². The van der Waals surface area contributed by atoms with Crippen molar-refractivity contribution < 1.29 is 13.5 Å². The van der Waals surface area contributed by atoms with Crippen molar-refractivity contribution >= 4 is 38.7 Å². The SMILES string of the molecule is CCNC(=NCC(C)(O)c1cccs1)NCCNS(=O)(=O)c1ccc(C)s1. The quantitative estimate of drug-likeness (QED) is 0.276. The molecule has 0 fully saturated rings. The summed E-state index contributed by atoms with van der Waals surface area (Å²) in [6.45, 7) is 6.99. The molecule has 0 radical (unpaired) electrons. The Balaban J connectivity index is 1.87. The van der Waals surface area contributed by atoms with Crippen LogP contribution in [0.4, 0.5) is 0 Å². The Morgan fingerprint density at radius 3 is 2.63 bits per heavy atom. The predicted molar refractivity (Wildman–Crippen MR) is 112 cm³/mol. The molecular formula is C17H26N4O3S3. The van der Waals surface area contributed by atoms with Gasteiger partial charge in [0.15, 0.2) is 5.96 Å². The second-order valence-corrected chi connectivity index (χ2v) is 10.4. The van der Waals surface area contributed by atoms with Gasteiger partial charge in [-0.1, -0.05) is 6.07 Å². The molecule has 27 heavy (non-hydrogen) atoms. The second kappa shape index (κ2) is 9.65. The summed E-state index contributed by atoms with van der Waals surface area (Å²) in [4.78, 5) is 6.21. The van der Waals surface area contributed by atoms with E-state index in [9.17, 15) is 13.5 Å². The van der Waals surface area contributed by atoms with Crippen LogP contribution in [0, 0.1) is 6.92 Å². The molecule has 0 saturated carbocycles. The van der Waals surface area contributed by atoms with E-state index in [2.05, 4.69) is 20.3 Å². The van der Waals surface area contributed by atoms with Gasteiger partial charge in [-0.15, -0.1) is 22.7 Å². The van der Waals surface area contributed by atoms with Gasteiger partial charge in [-0.2, -0.15) is 0 Å². The normalized spacial score (nSPS) is 14.7. The maximum Gasteiger partial charge on any atom is 0.250 e. The van der Waals surface area contributed by atoms with Crippen molar-refractivity contribution in [1.82, 2.24) is 15.4 Å². The van der Waals surface area contributed by atoms with Crippen LogP contribution in [0.25, 0.3) is 0 Å². The van der Waals surface area contributed by atoms with E-state index in [-0.39, 0.29) is 13.1 Å². The van der Waals surface area contributed by atoms with E-state index in [1.54, 1.807) is 19.1 Å². The third-order valence-corrected chi connectivity index (χ3v) is 7.71. The number of aliphatic hydroxyl groups is 1. The van der Waals surface area contributed by atoms with E-state index < -0.39 is 15.6 Å². The van der Waals surface area contributed by atoms with Crippen LogP contribution in [0.15, 0.2) is 38.8 Å². The number of sulfonamides is 1. The third kappa shape index (κ3) is 6.58. The van der Waals surface area contributed by atoms with Gasteiger partial charge in [-0.25, -0.2) is 18.1 Å². The first-order chi connectivity index (χ1) is 12.7. The Hall–Kier alpha value is -1.46. The highest BCUT2D eigenvalue weighted by molar-refractivity contribution is 7.91. The molecule has 0 amide bonds. The predicted octanol–water partition coefficient (Wildman–Crippen LogP) is 1.86. The van der Waals surface area contributed by atoms with E-state index in [1.165, 1.54) is 22.7 Å². The molecule has 10 heteroatoms. The Morgan fingerprint density at radius 1 is 1.26 bits per heavy atom. The molecule has 0 aliphatic heterocycles. The summed E-state index contributed by atoms with van der Waals surface area (Å²) in [5.41, 5.74) is -1.05. The number of nitrogens with one attached hydrogen (secondary N) is 3. The standard InChI is InChI=1S/C17H26N4O3S3/c1-4-18-16(20-12-17(3,22)14-6-5-11-25-14)19-9-10-21-27(23,24)15-8-7-13(2)26-15/h5-8,11,21-22H,4,9-10,12H2,1-3H3,(H2,18,19,20). The van der Waals surface area contributed by atoms with Gasteiger partial charge in [0.25, 0.3) is 0 Å². The molecule has 0 bridgehead atoms. The number of rotatable bonds is 9. The average Bonchev–Trinajstić information content (AvgIpc) is 3.28. The molecule has 1 unspecified atom stereocenters. The van der Waals surface area contributed by atoms with Crippen LogP contribution in [-0.2, 0) is 15.6 Å². The molecule has 0 aromatic carbocycles. The number of aliphatic imine (C=N–C) groups is 1. The molecule has 0 saturated heterocycles. The Kier molecular flexibility index (Phi) is 7.80. The fourth-order valence-corrected chi connectivity index (χ4v) is 5.37. The van der Waals surface area contributed by atoms with Gasteiger partial charge in [0.2, 0.25) is 10.0 Å². The molecule has 2 rings (SSSR count). The highest BCUT2D eigenvalue weighted by Crippen LogP contribution is 2.25. The van der Waals surface area contributed by atoms with Crippen LogP contribution in [0.3, 0.4) is 0 Å². The largest absolute Gasteiger partial charge is 0.383 e. The Labute approximate surface area is 168 Å². The molecule has 150 valence electrons. The minimum absolute atomic E-state index is 0.197. The molecule has 2 heterocycles. The topological polar surface area (TPSA) is 103 Å². The smallest absolute Gasteiger partial charge is 0.250 e. The van der Waals surface area contributed by atoms with Crippen molar-refractivity contribution in [3.63, 3.8) is 0 Å². The van der Waals surface area contributed by atoms with Gasteiger partial charge in [0, 0.05) is 29.4 Å². The van der Waals surface area contributed by atoms with Crippen LogP contribution < -0.4 is 15.4 Å². The van der Waals surface area contributed by atoms with Crippen LogP contribution in [-0.4, -0.2) is 45.7 Å². The van der Waals surface area contributed by atoms with Crippen molar-refractivity contribution in [1.29, 1.82) is 0 Å². The summed E-state index contributed by atoms with van der Waals surface area (Å²) >= 11 is 2.73. The van der Waals surface area contributed by atoms with Crippen molar-refractivity contribution in [3.05, 3.63) is 39.4 Å². The van der Waals surface area contributed by atoms with Crippen molar-refractivity contribution in [2.24, 2.45) is 4.99 Å². The Morgan fingerprint density at radius 2 is 2.04 bits per heavy atom. The number of guanidine groups is 1. The van der Waals surface area contributed by atoms with E-state index in [0.717, 1.165) is 9.75 Å². The molecule has 2 aromatic heterocycles. The van der Waals surface area contributed by atoms with E-state index in [0.29, 0.717) is 23.3 Å². The lowest BCUT2D eigenvalue weighted by atomic mass is 10.1. The lowest BCUT2D eigenvalue weighted by Gasteiger charge is -2.20. The molecule has 0 spiro atoms. The van der Waals surface area contributed by atoms with Crippen LogP contribution in [0.2, 0.25) is 0 Å². The first kappa shape index (κ1) is 21.8. The zero-order chi connectivity index (χ0) is 19.9. The van der Waals surface area contributed by atoms with Gasteiger partial charge in [0.1, 0.15) is 9.81 Å². The summed E-state index contributed by atoms with van der Waals surface area (Å²) in [6.07, 6.45) is 0. The number of nitrogens with zero attached hydrogens (tertiary/aromatic N) is 1. The molecule has 1 atom stereocenters. The van der Waals surface area contributed by atoms with Gasteiger partial charge in [0.05, 0.1) is 6.54 Å². The molecule has 0 aliphatic carbocycles. The zero-order valence-corrected chi connectivity index (χ0v) is 18.1. The lowest BCUT2D eigenvalue weighted by molar-refractivity contribution is 0.0711. The molecule has 7 nitrogen and oxygen atoms in total. The summed E-state index contributed by atoms with van der Waals surface area (Å²) in [5, 5.41) is 18.6. The number of thiophene rings is 2. The maximum absolute atomic E-state index is 12.2. The van der Waals surface area contributed by atoms with Gasteiger partial charge >= 0.3 is 0 Å². The van der Waals surface area contributed by atoms with Crippen molar-refractivity contribution in [2.75, 3.05) is 26.2 Å². The minimum atomic E-state index is -3.49. The van der Waals surface area contributed by atoms with Crippen molar-refractivity contribution in [2.45, 2.75) is 30.6 Å². The molecule has 2 aromatic rings. The summed E-state index contributed by atoms with van der Waals surface area (Å²) in [7, 11) is -3.49. The summed E-state index contributed by atoms with van der Waals surface area (Å²) < 4.78 is 27.3.